The topological polar surface area (TPSA) is 23.6 Å². The number of anilines is 1. The average molecular weight is 383 g/mol. The molecule has 0 aromatic heterocycles. The SMILES string of the molecule is CCCCC[C@H]1C[C@H]2CC[C@@H](C1)N2CCCN1CC(C(C)=O)c2ccccc21. The molecule has 0 N–H and O–H groups in total. The van der Waals surface area contributed by atoms with Crippen molar-refractivity contribution in [1.29, 1.82) is 0 Å². The molecule has 3 heteroatoms. The van der Waals surface area contributed by atoms with Crippen molar-refractivity contribution in [3.05, 3.63) is 29.8 Å². The number of hydrogen-bond donors (Lipinski definition) is 0. The molecule has 4 rings (SSSR count). The van der Waals surface area contributed by atoms with Gasteiger partial charge in [0.25, 0.3) is 0 Å². The maximum Gasteiger partial charge on any atom is 0.139 e. The molecule has 1 aromatic carbocycles. The molecular weight excluding hydrogens is 344 g/mol. The van der Waals surface area contributed by atoms with E-state index < -0.39 is 0 Å². The summed E-state index contributed by atoms with van der Waals surface area (Å²) in [6.45, 7) is 7.25. The molecule has 2 saturated heterocycles. The van der Waals surface area contributed by atoms with E-state index in [2.05, 4.69) is 41.0 Å². The molecule has 3 nitrogen and oxygen atoms in total. The molecule has 28 heavy (non-hydrogen) atoms. The van der Waals surface area contributed by atoms with Crippen LogP contribution in [0.3, 0.4) is 0 Å². The first kappa shape index (κ1) is 19.9. The zero-order valence-electron chi connectivity index (χ0n) is 17.9. The number of rotatable bonds is 9. The van der Waals surface area contributed by atoms with Crippen LogP contribution in [-0.4, -0.2) is 42.4 Å². The Morgan fingerprint density at radius 3 is 2.50 bits per heavy atom. The van der Waals surface area contributed by atoms with Gasteiger partial charge in [0.05, 0.1) is 5.92 Å². The Balaban J connectivity index is 1.28. The van der Waals surface area contributed by atoms with E-state index in [1.54, 1.807) is 6.92 Å². The summed E-state index contributed by atoms with van der Waals surface area (Å²) in [6, 6.07) is 10.2. The Hall–Kier alpha value is -1.35. The first-order chi connectivity index (χ1) is 13.7. The molecular formula is C25H38N2O. The van der Waals surface area contributed by atoms with Crippen LogP contribution in [0.15, 0.2) is 24.3 Å². The van der Waals surface area contributed by atoms with Gasteiger partial charge in [-0.2, -0.15) is 0 Å². The number of fused-ring (bicyclic) bond motifs is 3. The first-order valence-electron chi connectivity index (χ1n) is 11.8. The van der Waals surface area contributed by atoms with Crippen LogP contribution in [0.25, 0.3) is 0 Å². The summed E-state index contributed by atoms with van der Waals surface area (Å²) in [6.07, 6.45) is 12.6. The van der Waals surface area contributed by atoms with Gasteiger partial charge in [-0.1, -0.05) is 50.8 Å². The Kier molecular flexibility index (Phi) is 6.40. The second kappa shape index (κ2) is 8.98. The third-order valence-corrected chi connectivity index (χ3v) is 7.59. The molecule has 3 aliphatic rings. The van der Waals surface area contributed by atoms with Gasteiger partial charge in [-0.3, -0.25) is 9.69 Å². The second-order valence-electron chi connectivity index (χ2n) is 9.48. The smallest absolute Gasteiger partial charge is 0.139 e. The second-order valence-corrected chi connectivity index (χ2v) is 9.48. The number of benzene rings is 1. The van der Waals surface area contributed by atoms with E-state index in [-0.39, 0.29) is 5.92 Å². The predicted octanol–water partition coefficient (Wildman–Crippen LogP) is 5.39. The van der Waals surface area contributed by atoms with Gasteiger partial charge < -0.3 is 4.90 Å². The Labute approximate surface area is 171 Å². The fraction of sp³-hybridized carbons (Fsp3) is 0.720. The Bertz CT molecular complexity index is 658. The van der Waals surface area contributed by atoms with Crippen LogP contribution < -0.4 is 4.90 Å². The molecule has 0 amide bonds. The number of carbonyl (C=O) groups is 1. The van der Waals surface area contributed by atoms with Crippen LogP contribution in [0.5, 0.6) is 0 Å². The third kappa shape index (κ3) is 4.15. The predicted molar refractivity (Wildman–Crippen MR) is 117 cm³/mol. The lowest BCUT2D eigenvalue weighted by Gasteiger charge is -2.39. The van der Waals surface area contributed by atoms with Crippen molar-refractivity contribution in [1.82, 2.24) is 4.90 Å². The molecule has 154 valence electrons. The third-order valence-electron chi connectivity index (χ3n) is 7.59. The monoisotopic (exact) mass is 382 g/mol. The van der Waals surface area contributed by atoms with Gasteiger partial charge in [0.2, 0.25) is 0 Å². The largest absolute Gasteiger partial charge is 0.370 e. The maximum absolute atomic E-state index is 12.1. The summed E-state index contributed by atoms with van der Waals surface area (Å²) >= 11 is 0. The van der Waals surface area contributed by atoms with E-state index in [0.717, 1.165) is 31.1 Å². The summed E-state index contributed by atoms with van der Waals surface area (Å²) in [4.78, 5) is 17.4. The van der Waals surface area contributed by atoms with E-state index in [1.807, 2.05) is 0 Å². The van der Waals surface area contributed by atoms with Gasteiger partial charge in [0, 0.05) is 37.4 Å². The lowest BCUT2D eigenvalue weighted by molar-refractivity contribution is -0.118. The fourth-order valence-electron chi connectivity index (χ4n) is 6.16. The number of carbonyl (C=O) groups excluding carboxylic acids is 1. The van der Waals surface area contributed by atoms with Gasteiger partial charge in [0.1, 0.15) is 5.78 Å². The van der Waals surface area contributed by atoms with Gasteiger partial charge in [-0.25, -0.2) is 0 Å². The van der Waals surface area contributed by atoms with Crippen LogP contribution >= 0.6 is 0 Å². The van der Waals surface area contributed by atoms with Crippen molar-refractivity contribution < 1.29 is 4.79 Å². The first-order valence-corrected chi connectivity index (χ1v) is 11.8. The molecule has 1 unspecified atom stereocenters. The van der Waals surface area contributed by atoms with Crippen molar-refractivity contribution in [2.24, 2.45) is 5.92 Å². The van der Waals surface area contributed by atoms with Crippen molar-refractivity contribution >= 4 is 11.5 Å². The van der Waals surface area contributed by atoms with E-state index in [1.165, 1.54) is 75.6 Å². The molecule has 0 aliphatic carbocycles. The highest BCUT2D eigenvalue weighted by Gasteiger charge is 2.40. The number of hydrogen-bond acceptors (Lipinski definition) is 3. The molecule has 0 radical (unpaired) electrons. The van der Waals surface area contributed by atoms with Crippen molar-refractivity contribution in [3.63, 3.8) is 0 Å². The highest BCUT2D eigenvalue weighted by Crippen LogP contribution is 2.41. The Morgan fingerprint density at radius 2 is 1.79 bits per heavy atom. The van der Waals surface area contributed by atoms with E-state index in [9.17, 15) is 4.79 Å². The quantitative estimate of drug-likeness (QED) is 0.535. The highest BCUT2D eigenvalue weighted by atomic mass is 16.1. The number of para-hydroxylation sites is 1. The van der Waals surface area contributed by atoms with Gasteiger partial charge in [0.15, 0.2) is 0 Å². The minimum atomic E-state index is 0.0752. The zero-order chi connectivity index (χ0) is 19.5. The number of ketones is 1. The number of nitrogens with zero attached hydrogens (tertiary/aromatic N) is 2. The molecule has 4 atom stereocenters. The molecule has 2 bridgehead atoms. The highest BCUT2D eigenvalue weighted by molar-refractivity contribution is 5.88. The molecule has 3 heterocycles. The summed E-state index contributed by atoms with van der Waals surface area (Å²) in [5.41, 5.74) is 2.53. The minimum absolute atomic E-state index is 0.0752. The van der Waals surface area contributed by atoms with Crippen LogP contribution in [0, 0.1) is 5.92 Å². The maximum atomic E-state index is 12.1. The fourth-order valence-corrected chi connectivity index (χ4v) is 6.16. The van der Waals surface area contributed by atoms with Crippen LogP contribution in [0.1, 0.15) is 83.1 Å². The van der Waals surface area contributed by atoms with Crippen LogP contribution in [0.4, 0.5) is 5.69 Å². The van der Waals surface area contributed by atoms with Crippen molar-refractivity contribution in [2.45, 2.75) is 89.6 Å². The van der Waals surface area contributed by atoms with E-state index in [4.69, 9.17) is 0 Å². The summed E-state index contributed by atoms with van der Waals surface area (Å²) in [7, 11) is 0. The van der Waals surface area contributed by atoms with Crippen molar-refractivity contribution in [2.75, 3.05) is 24.5 Å². The molecule has 2 fully saturated rings. The van der Waals surface area contributed by atoms with Crippen LogP contribution in [0.2, 0.25) is 0 Å². The summed E-state index contributed by atoms with van der Waals surface area (Å²) in [5, 5.41) is 0. The standard InChI is InChI=1S/C25H38N2O/c1-3-4-5-9-20-16-21-12-13-22(17-20)27(21)15-8-14-26-18-24(19(2)28)23-10-6-7-11-25(23)26/h6-7,10-11,20-22,24H,3-5,8-9,12-18H2,1-2H3/t20-,21+,22-,24?. The molecule has 0 spiro atoms. The Morgan fingerprint density at radius 1 is 1.04 bits per heavy atom. The molecule has 0 saturated carbocycles. The summed E-state index contributed by atoms with van der Waals surface area (Å²) in [5.74, 6) is 1.37. The van der Waals surface area contributed by atoms with Gasteiger partial charge >= 0.3 is 0 Å². The number of unbranched alkanes of at least 4 members (excludes halogenated alkanes) is 2. The van der Waals surface area contributed by atoms with Crippen molar-refractivity contribution in [3.8, 4) is 0 Å². The lowest BCUT2D eigenvalue weighted by atomic mass is 9.86. The normalized spacial score (nSPS) is 29.3. The van der Waals surface area contributed by atoms with E-state index in [0.29, 0.717) is 5.78 Å². The minimum Gasteiger partial charge on any atom is -0.370 e. The average Bonchev–Trinajstić information content (AvgIpc) is 3.17. The lowest BCUT2D eigenvalue weighted by Crippen LogP contribution is -2.44. The number of piperidine rings is 1. The molecule has 1 aromatic rings. The zero-order valence-corrected chi connectivity index (χ0v) is 17.9. The van der Waals surface area contributed by atoms with E-state index >= 15 is 0 Å². The van der Waals surface area contributed by atoms with Crippen LogP contribution in [-0.2, 0) is 4.79 Å². The van der Waals surface area contributed by atoms with Gasteiger partial charge in [-0.05, 0) is 56.6 Å². The molecule has 3 aliphatic heterocycles. The number of Topliss-reactive ketones (excluding diaryl/α,β-unsaturated/α-hetero) is 1. The summed E-state index contributed by atoms with van der Waals surface area (Å²) < 4.78 is 0. The van der Waals surface area contributed by atoms with Gasteiger partial charge in [-0.15, -0.1) is 0 Å².